The maximum atomic E-state index is 8.82. The van der Waals surface area contributed by atoms with Crippen LogP contribution in [-0.4, -0.2) is 27.8 Å². The summed E-state index contributed by atoms with van der Waals surface area (Å²) in [5.74, 6) is 1.29. The van der Waals surface area contributed by atoms with E-state index >= 15 is 0 Å². The predicted octanol–water partition coefficient (Wildman–Crippen LogP) is 3.69. The Hall–Kier alpha value is -2.81. The Bertz CT molecular complexity index is 691. The molecule has 0 fully saturated rings. The van der Waals surface area contributed by atoms with Crippen LogP contribution in [0.15, 0.2) is 42.5 Å². The lowest BCUT2D eigenvalue weighted by molar-refractivity contribution is 0.0460. The van der Waals surface area contributed by atoms with Crippen molar-refractivity contribution in [1.82, 2.24) is 0 Å². The Balaban J connectivity index is 2.19. The fraction of sp³-hybridized carbons (Fsp3) is 0.211. The molecule has 0 radical (unpaired) electrons. The van der Waals surface area contributed by atoms with Crippen LogP contribution in [0.3, 0.4) is 0 Å². The van der Waals surface area contributed by atoms with E-state index in [0.29, 0.717) is 17.1 Å². The third-order valence-electron chi connectivity index (χ3n) is 3.10. The highest BCUT2D eigenvalue weighted by molar-refractivity contribution is 5.71. The minimum Gasteiger partial charge on any atom is -0.467 e. The van der Waals surface area contributed by atoms with Crippen LogP contribution >= 0.6 is 0 Å². The van der Waals surface area contributed by atoms with Gasteiger partial charge in [0.15, 0.2) is 13.6 Å². The predicted molar refractivity (Wildman–Crippen MR) is 91.5 cm³/mol. The van der Waals surface area contributed by atoms with E-state index in [9.17, 15) is 0 Å². The Morgan fingerprint density at radius 1 is 0.833 bits per heavy atom. The number of ether oxygens (including phenoxy) is 4. The number of nitrogens with zero attached hydrogens (tertiary/aromatic N) is 1. The van der Waals surface area contributed by atoms with Crippen molar-refractivity contribution in [1.29, 1.82) is 5.26 Å². The first-order valence-electron chi connectivity index (χ1n) is 7.32. The fourth-order valence-electron chi connectivity index (χ4n) is 1.97. The quantitative estimate of drug-likeness (QED) is 0.547. The van der Waals surface area contributed by atoms with E-state index in [4.69, 9.17) is 24.2 Å². The average molecular weight is 325 g/mol. The number of rotatable bonds is 8. The summed E-state index contributed by atoms with van der Waals surface area (Å²) in [6.07, 6.45) is 3.90. The molecule has 24 heavy (non-hydrogen) atoms. The number of methoxy groups -OCH3 is 2. The van der Waals surface area contributed by atoms with E-state index in [1.807, 2.05) is 36.4 Å². The molecule has 0 spiro atoms. The summed E-state index contributed by atoms with van der Waals surface area (Å²) >= 11 is 0. The summed E-state index contributed by atoms with van der Waals surface area (Å²) in [5.41, 5.74) is 2.55. The second-order valence-electron chi connectivity index (χ2n) is 4.91. The van der Waals surface area contributed by atoms with Gasteiger partial charge in [-0.15, -0.1) is 0 Å². The smallest absolute Gasteiger partial charge is 0.188 e. The number of benzene rings is 2. The van der Waals surface area contributed by atoms with Gasteiger partial charge in [-0.1, -0.05) is 24.3 Å². The van der Waals surface area contributed by atoms with Crippen LogP contribution < -0.4 is 9.47 Å². The highest BCUT2D eigenvalue weighted by Crippen LogP contribution is 2.24. The average Bonchev–Trinajstić information content (AvgIpc) is 2.63. The van der Waals surface area contributed by atoms with Gasteiger partial charge in [-0.25, -0.2) is 0 Å². The van der Waals surface area contributed by atoms with Gasteiger partial charge in [0, 0.05) is 20.3 Å². The van der Waals surface area contributed by atoms with E-state index in [1.54, 1.807) is 32.4 Å². The van der Waals surface area contributed by atoms with Crippen molar-refractivity contribution in [3.63, 3.8) is 0 Å². The molecule has 5 heteroatoms. The van der Waals surface area contributed by atoms with Crippen molar-refractivity contribution in [3.05, 3.63) is 59.2 Å². The minimum atomic E-state index is 0.159. The van der Waals surface area contributed by atoms with E-state index in [-0.39, 0.29) is 13.6 Å². The van der Waals surface area contributed by atoms with Gasteiger partial charge < -0.3 is 18.9 Å². The van der Waals surface area contributed by atoms with E-state index in [1.165, 1.54) is 0 Å². The lowest BCUT2D eigenvalue weighted by atomic mass is 10.1. The Morgan fingerprint density at radius 3 is 1.88 bits per heavy atom. The topological polar surface area (TPSA) is 60.7 Å². The van der Waals surface area contributed by atoms with Crippen molar-refractivity contribution in [2.24, 2.45) is 0 Å². The van der Waals surface area contributed by atoms with Crippen molar-refractivity contribution in [3.8, 4) is 17.6 Å². The molecule has 5 nitrogen and oxygen atoms in total. The molecule has 124 valence electrons. The lowest BCUT2D eigenvalue weighted by Crippen LogP contribution is -2.02. The standard InChI is InChI=1S/C19H19NO4/c1-21-13-23-18-9-17(10-19(11-18)24-14-22-2)8-5-15-3-6-16(12-20)7-4-15/h3-11H,13-14H2,1-2H3/b8-5+. The first-order chi connectivity index (χ1) is 11.7. The fourth-order valence-corrected chi connectivity index (χ4v) is 1.97. The molecule has 0 bridgehead atoms. The van der Waals surface area contributed by atoms with Crippen LogP contribution in [0.1, 0.15) is 16.7 Å². The van der Waals surface area contributed by atoms with Crippen LogP contribution in [0.2, 0.25) is 0 Å². The van der Waals surface area contributed by atoms with Gasteiger partial charge in [0.2, 0.25) is 0 Å². The van der Waals surface area contributed by atoms with Crippen molar-refractivity contribution >= 4 is 12.2 Å². The van der Waals surface area contributed by atoms with E-state index < -0.39 is 0 Å². The van der Waals surface area contributed by atoms with Crippen molar-refractivity contribution < 1.29 is 18.9 Å². The van der Waals surface area contributed by atoms with Gasteiger partial charge in [0.05, 0.1) is 11.6 Å². The Labute approximate surface area is 141 Å². The molecule has 0 N–H and O–H groups in total. The first kappa shape index (κ1) is 17.5. The number of nitriles is 1. The first-order valence-corrected chi connectivity index (χ1v) is 7.32. The molecule has 0 atom stereocenters. The maximum Gasteiger partial charge on any atom is 0.188 e. The molecule has 2 aromatic rings. The van der Waals surface area contributed by atoms with E-state index in [2.05, 4.69) is 6.07 Å². The SMILES string of the molecule is COCOc1cc(/C=C/c2ccc(C#N)cc2)cc(OCOC)c1. The number of hydrogen-bond acceptors (Lipinski definition) is 5. The zero-order valence-corrected chi connectivity index (χ0v) is 13.7. The molecule has 2 aromatic carbocycles. The van der Waals surface area contributed by atoms with Crippen molar-refractivity contribution in [2.75, 3.05) is 27.8 Å². The molecule has 0 aromatic heterocycles. The van der Waals surface area contributed by atoms with Gasteiger partial charge in [0.25, 0.3) is 0 Å². The van der Waals surface area contributed by atoms with Gasteiger partial charge in [-0.3, -0.25) is 0 Å². The monoisotopic (exact) mass is 325 g/mol. The summed E-state index contributed by atoms with van der Waals surface area (Å²) in [5, 5.41) is 8.82. The Morgan fingerprint density at radius 2 is 1.38 bits per heavy atom. The Kier molecular flexibility index (Phi) is 6.84. The lowest BCUT2D eigenvalue weighted by Gasteiger charge is -2.10. The summed E-state index contributed by atoms with van der Waals surface area (Å²) < 4.78 is 20.8. The highest BCUT2D eigenvalue weighted by atomic mass is 16.7. The second-order valence-corrected chi connectivity index (χ2v) is 4.91. The highest BCUT2D eigenvalue weighted by Gasteiger charge is 2.02. The molecular weight excluding hydrogens is 306 g/mol. The van der Waals surface area contributed by atoms with Crippen molar-refractivity contribution in [2.45, 2.75) is 0 Å². The van der Waals surface area contributed by atoms with Gasteiger partial charge in [0.1, 0.15) is 11.5 Å². The molecule has 0 unspecified atom stereocenters. The van der Waals surface area contributed by atoms with Gasteiger partial charge >= 0.3 is 0 Å². The molecule has 0 amide bonds. The summed E-state index contributed by atoms with van der Waals surface area (Å²) in [6, 6.07) is 15.0. The van der Waals surface area contributed by atoms with Crippen LogP contribution in [-0.2, 0) is 9.47 Å². The van der Waals surface area contributed by atoms with Gasteiger partial charge in [-0.2, -0.15) is 5.26 Å². The third kappa shape index (κ3) is 5.43. The largest absolute Gasteiger partial charge is 0.467 e. The number of hydrogen-bond donors (Lipinski definition) is 0. The summed E-state index contributed by atoms with van der Waals surface area (Å²) in [7, 11) is 3.13. The third-order valence-corrected chi connectivity index (χ3v) is 3.10. The van der Waals surface area contributed by atoms with E-state index in [0.717, 1.165) is 11.1 Å². The van der Waals surface area contributed by atoms with Crippen LogP contribution in [0.25, 0.3) is 12.2 Å². The molecule has 0 heterocycles. The molecule has 0 aliphatic carbocycles. The zero-order valence-electron chi connectivity index (χ0n) is 13.7. The summed E-state index contributed by atoms with van der Waals surface area (Å²) in [6.45, 7) is 0.318. The van der Waals surface area contributed by atoms with Crippen LogP contribution in [0, 0.1) is 11.3 Å². The zero-order chi connectivity index (χ0) is 17.2. The summed E-state index contributed by atoms with van der Waals surface area (Å²) in [4.78, 5) is 0. The molecule has 0 saturated heterocycles. The van der Waals surface area contributed by atoms with Crippen LogP contribution in [0.4, 0.5) is 0 Å². The molecule has 0 saturated carbocycles. The van der Waals surface area contributed by atoms with Crippen LogP contribution in [0.5, 0.6) is 11.5 Å². The molecule has 0 aliphatic rings. The van der Waals surface area contributed by atoms with Gasteiger partial charge in [-0.05, 0) is 35.4 Å². The molecule has 2 rings (SSSR count). The second kappa shape index (κ2) is 9.36. The molecule has 0 aliphatic heterocycles. The minimum absolute atomic E-state index is 0.159. The molecular formula is C19H19NO4. The normalized spacial score (nSPS) is 10.5. The maximum absolute atomic E-state index is 8.82.